The van der Waals surface area contributed by atoms with Gasteiger partial charge in [0, 0.05) is 37.9 Å². The Kier molecular flexibility index (Phi) is 6.17. The van der Waals surface area contributed by atoms with E-state index in [9.17, 15) is 9.59 Å². The van der Waals surface area contributed by atoms with Crippen LogP contribution in [-0.4, -0.2) is 46.3 Å². The van der Waals surface area contributed by atoms with Crippen LogP contribution in [0.5, 0.6) is 0 Å². The highest BCUT2D eigenvalue weighted by Crippen LogP contribution is 2.37. The van der Waals surface area contributed by atoms with Crippen molar-refractivity contribution in [2.24, 2.45) is 5.92 Å². The fraction of sp³-hybridized carbons (Fsp3) is 0.478. The van der Waals surface area contributed by atoms with Gasteiger partial charge in [0.05, 0.1) is 12.3 Å². The van der Waals surface area contributed by atoms with Crippen LogP contribution in [0.2, 0.25) is 0 Å². The van der Waals surface area contributed by atoms with E-state index in [-0.39, 0.29) is 17.7 Å². The zero-order valence-corrected chi connectivity index (χ0v) is 16.7. The van der Waals surface area contributed by atoms with E-state index in [2.05, 4.69) is 15.3 Å². The monoisotopic (exact) mass is 392 g/mol. The van der Waals surface area contributed by atoms with Crippen LogP contribution < -0.4 is 5.32 Å². The van der Waals surface area contributed by atoms with Gasteiger partial charge in [-0.3, -0.25) is 9.59 Å². The van der Waals surface area contributed by atoms with Crippen molar-refractivity contribution >= 4 is 11.8 Å². The van der Waals surface area contributed by atoms with E-state index in [4.69, 9.17) is 0 Å². The summed E-state index contributed by atoms with van der Waals surface area (Å²) in [5.74, 6) is 1.51. The lowest BCUT2D eigenvalue weighted by molar-refractivity contribution is -0.135. The molecule has 0 spiro atoms. The first-order chi connectivity index (χ1) is 14.2. The summed E-state index contributed by atoms with van der Waals surface area (Å²) in [7, 11) is 0. The van der Waals surface area contributed by atoms with E-state index in [1.807, 2.05) is 47.6 Å². The molecule has 1 saturated heterocycles. The summed E-state index contributed by atoms with van der Waals surface area (Å²) in [6.45, 7) is 1.82. The molecule has 6 heteroatoms. The molecule has 1 N–H and O–H groups in total. The molecule has 2 aromatic rings. The largest absolute Gasteiger partial charge is 0.355 e. The normalized spacial score (nSPS) is 19.0. The van der Waals surface area contributed by atoms with Gasteiger partial charge >= 0.3 is 0 Å². The molecule has 29 heavy (non-hydrogen) atoms. The number of likely N-dealkylation sites (tertiary alicyclic amines) is 1. The molecule has 152 valence electrons. The van der Waals surface area contributed by atoms with Gasteiger partial charge in [-0.1, -0.05) is 30.3 Å². The summed E-state index contributed by atoms with van der Waals surface area (Å²) in [5, 5.41) is 3.03. The van der Waals surface area contributed by atoms with Crippen molar-refractivity contribution in [3.05, 3.63) is 59.7 Å². The van der Waals surface area contributed by atoms with E-state index >= 15 is 0 Å². The second-order valence-corrected chi connectivity index (χ2v) is 8.11. The standard InChI is InChI=1S/C23H28N4O2/c28-21(13-17-5-2-1-3-6-17)27-12-4-7-20(16-27)23(29)24-11-10-18-14-25-22(26-15-18)19-8-9-19/h1-3,5-6,14-15,19-20H,4,7-13,16H2,(H,24,29). The van der Waals surface area contributed by atoms with Crippen molar-refractivity contribution in [3.8, 4) is 0 Å². The lowest BCUT2D eigenvalue weighted by atomic mass is 9.96. The van der Waals surface area contributed by atoms with Crippen LogP contribution in [0.25, 0.3) is 0 Å². The van der Waals surface area contributed by atoms with Crippen molar-refractivity contribution in [2.45, 2.75) is 44.4 Å². The minimum Gasteiger partial charge on any atom is -0.355 e. The SMILES string of the molecule is O=C(NCCc1cnc(C2CC2)nc1)C1CCCN(C(=O)Cc2ccccc2)C1. The topological polar surface area (TPSA) is 75.2 Å². The second kappa shape index (κ2) is 9.16. The highest BCUT2D eigenvalue weighted by Gasteiger charge is 2.28. The summed E-state index contributed by atoms with van der Waals surface area (Å²) < 4.78 is 0. The van der Waals surface area contributed by atoms with Crippen LogP contribution in [0.1, 0.15) is 48.6 Å². The maximum atomic E-state index is 12.6. The minimum atomic E-state index is -0.128. The molecule has 0 radical (unpaired) electrons. The van der Waals surface area contributed by atoms with E-state index in [0.717, 1.165) is 42.8 Å². The molecular formula is C23H28N4O2. The highest BCUT2D eigenvalue weighted by molar-refractivity contribution is 5.82. The van der Waals surface area contributed by atoms with Crippen LogP contribution in [-0.2, 0) is 22.4 Å². The molecule has 2 aliphatic rings. The van der Waals surface area contributed by atoms with Crippen molar-refractivity contribution in [1.82, 2.24) is 20.2 Å². The number of nitrogens with zero attached hydrogens (tertiary/aromatic N) is 3. The Morgan fingerprint density at radius 2 is 1.79 bits per heavy atom. The quantitative estimate of drug-likeness (QED) is 0.786. The predicted octanol–water partition coefficient (Wildman–Crippen LogP) is 2.49. The number of rotatable bonds is 7. The lowest BCUT2D eigenvalue weighted by Crippen LogP contribution is -2.46. The van der Waals surface area contributed by atoms with Crippen molar-refractivity contribution < 1.29 is 9.59 Å². The molecule has 4 rings (SSSR count). The zero-order chi connectivity index (χ0) is 20.1. The van der Waals surface area contributed by atoms with Crippen LogP contribution in [0.4, 0.5) is 0 Å². The van der Waals surface area contributed by atoms with Crippen molar-refractivity contribution in [2.75, 3.05) is 19.6 Å². The summed E-state index contributed by atoms with van der Waals surface area (Å²) in [4.78, 5) is 35.9. The zero-order valence-electron chi connectivity index (χ0n) is 16.7. The molecule has 2 fully saturated rings. The second-order valence-electron chi connectivity index (χ2n) is 8.11. The van der Waals surface area contributed by atoms with Gasteiger partial charge < -0.3 is 10.2 Å². The summed E-state index contributed by atoms with van der Waals surface area (Å²) >= 11 is 0. The number of hydrogen-bond acceptors (Lipinski definition) is 4. The number of carbonyl (C=O) groups is 2. The first kappa shape index (κ1) is 19.6. The molecule has 1 aliphatic carbocycles. The highest BCUT2D eigenvalue weighted by atomic mass is 16.2. The predicted molar refractivity (Wildman–Crippen MR) is 110 cm³/mol. The van der Waals surface area contributed by atoms with E-state index in [0.29, 0.717) is 25.4 Å². The van der Waals surface area contributed by atoms with E-state index in [1.165, 1.54) is 12.8 Å². The number of benzene rings is 1. The van der Waals surface area contributed by atoms with E-state index in [1.54, 1.807) is 0 Å². The number of amides is 2. The van der Waals surface area contributed by atoms with Crippen LogP contribution >= 0.6 is 0 Å². The Morgan fingerprint density at radius 1 is 1.03 bits per heavy atom. The molecular weight excluding hydrogens is 364 g/mol. The number of aromatic nitrogens is 2. The first-order valence-corrected chi connectivity index (χ1v) is 10.6. The maximum absolute atomic E-state index is 12.6. The van der Waals surface area contributed by atoms with Gasteiger partial charge in [-0.25, -0.2) is 9.97 Å². The Morgan fingerprint density at radius 3 is 2.52 bits per heavy atom. The Labute approximate surface area is 171 Å². The van der Waals surface area contributed by atoms with Gasteiger partial charge in [-0.15, -0.1) is 0 Å². The maximum Gasteiger partial charge on any atom is 0.227 e. The van der Waals surface area contributed by atoms with Gasteiger partial charge in [0.15, 0.2) is 0 Å². The molecule has 2 heterocycles. The summed E-state index contributed by atoms with van der Waals surface area (Å²) in [6.07, 6.45) is 8.96. The molecule has 6 nitrogen and oxygen atoms in total. The molecule has 1 saturated carbocycles. The van der Waals surface area contributed by atoms with Gasteiger partial charge in [0.1, 0.15) is 5.82 Å². The molecule has 1 unspecified atom stereocenters. The van der Waals surface area contributed by atoms with Gasteiger partial charge in [-0.2, -0.15) is 0 Å². The van der Waals surface area contributed by atoms with E-state index < -0.39 is 0 Å². The lowest BCUT2D eigenvalue weighted by Gasteiger charge is -2.32. The molecule has 1 aliphatic heterocycles. The Hall–Kier alpha value is -2.76. The van der Waals surface area contributed by atoms with Crippen molar-refractivity contribution in [1.29, 1.82) is 0 Å². The molecule has 1 aromatic heterocycles. The number of hydrogen-bond donors (Lipinski definition) is 1. The molecule has 2 amide bonds. The third-order valence-electron chi connectivity index (χ3n) is 5.72. The number of piperidine rings is 1. The Balaban J connectivity index is 1.22. The molecule has 0 bridgehead atoms. The third-order valence-corrected chi connectivity index (χ3v) is 5.72. The van der Waals surface area contributed by atoms with Gasteiger partial charge in [-0.05, 0) is 43.2 Å². The average molecular weight is 393 g/mol. The van der Waals surface area contributed by atoms with Gasteiger partial charge in [0.2, 0.25) is 11.8 Å². The minimum absolute atomic E-state index is 0.0396. The molecule has 1 aromatic carbocycles. The number of carbonyl (C=O) groups excluding carboxylic acids is 2. The number of nitrogens with one attached hydrogen (secondary N) is 1. The first-order valence-electron chi connectivity index (χ1n) is 10.6. The average Bonchev–Trinajstić information content (AvgIpc) is 3.60. The Bertz CT molecular complexity index is 834. The third kappa shape index (κ3) is 5.40. The smallest absolute Gasteiger partial charge is 0.227 e. The van der Waals surface area contributed by atoms with Gasteiger partial charge in [0.25, 0.3) is 0 Å². The summed E-state index contributed by atoms with van der Waals surface area (Å²) in [6, 6.07) is 9.77. The fourth-order valence-corrected chi connectivity index (χ4v) is 3.82. The van der Waals surface area contributed by atoms with Crippen LogP contribution in [0.3, 0.4) is 0 Å². The summed E-state index contributed by atoms with van der Waals surface area (Å²) in [5.41, 5.74) is 2.05. The van der Waals surface area contributed by atoms with Crippen LogP contribution in [0, 0.1) is 5.92 Å². The van der Waals surface area contributed by atoms with Crippen LogP contribution in [0.15, 0.2) is 42.7 Å². The van der Waals surface area contributed by atoms with Crippen molar-refractivity contribution in [3.63, 3.8) is 0 Å². The fourth-order valence-electron chi connectivity index (χ4n) is 3.82. The molecule has 1 atom stereocenters.